The molecule has 0 unspecified atom stereocenters. The van der Waals surface area contributed by atoms with Crippen LogP contribution in [0.1, 0.15) is 135 Å². The van der Waals surface area contributed by atoms with Crippen molar-refractivity contribution in [2.45, 2.75) is 104 Å². The monoisotopic (exact) mass is 1120 g/mol. The van der Waals surface area contributed by atoms with E-state index in [9.17, 15) is 53.1 Å². The van der Waals surface area contributed by atoms with Gasteiger partial charge in [0, 0.05) is 61.2 Å². The van der Waals surface area contributed by atoms with Crippen LogP contribution in [0.15, 0.2) is 129 Å². The predicted octanol–water partition coefficient (Wildman–Crippen LogP) is 8.05. The lowest BCUT2D eigenvalue weighted by atomic mass is 9.75. The summed E-state index contributed by atoms with van der Waals surface area (Å²) < 4.78 is 15.1. The molecule has 7 rings (SSSR count). The maximum Gasteiger partial charge on any atom is 0.321 e. The number of aliphatic hydroxyl groups is 1. The van der Waals surface area contributed by atoms with Gasteiger partial charge in [0.1, 0.15) is 17.1 Å². The molecule has 18 heteroatoms. The van der Waals surface area contributed by atoms with Gasteiger partial charge in [0.15, 0.2) is 5.41 Å². The highest BCUT2D eigenvalue weighted by molar-refractivity contribution is 6.14. The van der Waals surface area contributed by atoms with Crippen LogP contribution in [0.25, 0.3) is 0 Å². The molecule has 6 amide bonds. The molecule has 436 valence electrons. The van der Waals surface area contributed by atoms with Crippen LogP contribution in [-0.4, -0.2) is 139 Å². The van der Waals surface area contributed by atoms with Gasteiger partial charge >= 0.3 is 17.9 Å². The number of aliphatic hydroxyl groups excluding tert-OH is 1. The van der Waals surface area contributed by atoms with E-state index in [0.29, 0.717) is 75.8 Å². The molecule has 81 heavy (non-hydrogen) atoms. The second kappa shape index (κ2) is 32.4. The van der Waals surface area contributed by atoms with Crippen LogP contribution in [0.4, 0.5) is 0 Å². The normalized spacial score (nSPS) is 22.2. The van der Waals surface area contributed by atoms with Crippen LogP contribution in [0, 0.1) is 21.7 Å². The molecular weight excluding hydrogens is 1040 g/mol. The fourth-order valence-corrected chi connectivity index (χ4v) is 10.6. The third-order valence-electron chi connectivity index (χ3n) is 14.9. The summed E-state index contributed by atoms with van der Waals surface area (Å²) in [6.07, 6.45) is 12.0. The summed E-state index contributed by atoms with van der Waals surface area (Å²) in [5.41, 5.74) is -2.48. The quantitative estimate of drug-likeness (QED) is 0.0288. The average molecular weight is 1120 g/mol. The van der Waals surface area contributed by atoms with Crippen molar-refractivity contribution in [3.05, 3.63) is 146 Å². The third-order valence-corrected chi connectivity index (χ3v) is 14.9. The van der Waals surface area contributed by atoms with E-state index in [0.717, 1.165) is 42.7 Å². The molecule has 0 aromatic heterocycles. The van der Waals surface area contributed by atoms with Crippen LogP contribution >= 0.6 is 0 Å². The Morgan fingerprint density at radius 2 is 0.963 bits per heavy atom. The lowest BCUT2D eigenvalue weighted by molar-refractivity contribution is -0.169. The van der Waals surface area contributed by atoms with Crippen molar-refractivity contribution in [1.29, 1.82) is 0 Å². The number of carbonyl (C=O) groups is 10. The Hall–Kier alpha value is -7.86. The van der Waals surface area contributed by atoms with Gasteiger partial charge in [0.2, 0.25) is 17.7 Å². The number of aldehydes is 1. The maximum absolute atomic E-state index is 13.0. The molecule has 2 N–H and O–H groups in total. The van der Waals surface area contributed by atoms with Gasteiger partial charge in [-0.2, -0.15) is 0 Å². The van der Waals surface area contributed by atoms with Crippen LogP contribution in [0.3, 0.4) is 0 Å². The number of amides is 6. The summed E-state index contributed by atoms with van der Waals surface area (Å²) in [5, 5.41) is 12.4. The summed E-state index contributed by atoms with van der Waals surface area (Å²) in [5.74, 6) is -3.69. The Labute approximate surface area is 475 Å². The molecule has 4 saturated heterocycles. The van der Waals surface area contributed by atoms with E-state index in [1.165, 1.54) is 11.0 Å². The fraction of sp³-hybridized carbons (Fsp3) is 0.460. The number of nitrogens with zero attached hydrogens (tertiary/aromatic N) is 3. The number of likely N-dealkylation sites (tertiary alicyclic amines) is 3. The minimum absolute atomic E-state index is 0.0576. The summed E-state index contributed by atoms with van der Waals surface area (Å²) in [7, 11) is 0. The van der Waals surface area contributed by atoms with Gasteiger partial charge in [-0.15, -0.1) is 19.7 Å². The number of allylic oxidation sites excluding steroid dienone is 3. The molecule has 3 aromatic rings. The van der Waals surface area contributed by atoms with E-state index in [2.05, 4.69) is 25.1 Å². The van der Waals surface area contributed by atoms with E-state index < -0.39 is 51.9 Å². The van der Waals surface area contributed by atoms with Gasteiger partial charge in [-0.25, -0.2) is 0 Å². The number of ether oxygens (including phenoxy) is 3. The zero-order valence-electron chi connectivity index (χ0n) is 47.2. The van der Waals surface area contributed by atoms with Crippen LogP contribution in [0.5, 0.6) is 0 Å². The Bertz CT molecular complexity index is 2670. The van der Waals surface area contributed by atoms with Crippen LogP contribution < -0.4 is 5.32 Å². The van der Waals surface area contributed by atoms with E-state index in [4.69, 9.17) is 14.2 Å². The molecule has 0 bridgehead atoms. The highest BCUT2D eigenvalue weighted by Gasteiger charge is 2.54. The summed E-state index contributed by atoms with van der Waals surface area (Å²) >= 11 is 0. The molecule has 0 spiro atoms. The van der Waals surface area contributed by atoms with Crippen molar-refractivity contribution in [2.24, 2.45) is 21.7 Å². The highest BCUT2D eigenvalue weighted by atomic mass is 16.5. The van der Waals surface area contributed by atoms with Crippen molar-refractivity contribution < 1.29 is 67.3 Å². The number of benzene rings is 3. The van der Waals surface area contributed by atoms with Crippen molar-refractivity contribution in [3.63, 3.8) is 0 Å². The number of rotatable bonds is 19. The zero-order valence-corrected chi connectivity index (χ0v) is 47.2. The van der Waals surface area contributed by atoms with E-state index in [-0.39, 0.29) is 75.2 Å². The smallest absolute Gasteiger partial charge is 0.321 e. The summed E-state index contributed by atoms with van der Waals surface area (Å²) in [6.45, 7) is 19.4. The number of esters is 3. The fourth-order valence-electron chi connectivity index (χ4n) is 10.6. The second-order valence-electron chi connectivity index (χ2n) is 20.3. The first kappa shape index (κ1) is 65.7. The number of piperidine rings is 4. The molecule has 0 aliphatic carbocycles. The maximum atomic E-state index is 13.0. The standard InChI is InChI=1S/C18H21NO5.C18H21NO4.C16H21NO2.C11H17NO3/c1-2-24-17(23)18(11-7-13-20)10-6-12-19(16(18)22)15(21)14-8-4-3-5-9-14;1-3-11-18(17(22)23-4-2)12-8-13-19(16(18)21)15(20)14-9-6-5-7-10-14;1-2-9-16(13-18)10-6-11-17(12-16)15(19)14-7-4-3-5-8-14;1-3-6-11(10(14)15-4-2)7-5-8-12-9(11)13/h3-5,8-9,13H,2,6-7,10-12H2,1H3;3,5-7,9-10H,1,4,8,11-13H2,2H3;2-5,7-8,18H,1,6,9-13H2;3H,1,4-8H2,2H3,(H,12,13)/t2*18-;16-;11-/m0111/s1. The molecule has 18 nitrogen and oxygen atoms in total. The first-order chi connectivity index (χ1) is 39.0. The molecule has 0 saturated carbocycles. The molecule has 4 heterocycles. The summed E-state index contributed by atoms with van der Waals surface area (Å²) in [4.78, 5) is 127. The molecular formula is C63H80N4O14. The Morgan fingerprint density at radius 1 is 0.556 bits per heavy atom. The van der Waals surface area contributed by atoms with Gasteiger partial charge < -0.3 is 34.3 Å². The number of nitrogens with one attached hydrogen (secondary N) is 1. The molecule has 0 radical (unpaired) electrons. The highest BCUT2D eigenvalue weighted by Crippen LogP contribution is 2.40. The molecule has 4 fully saturated rings. The van der Waals surface area contributed by atoms with Gasteiger partial charge in [-0.1, -0.05) is 72.8 Å². The van der Waals surface area contributed by atoms with Crippen molar-refractivity contribution in [1.82, 2.24) is 20.0 Å². The average Bonchev–Trinajstić information content (AvgIpc) is 3.69. The van der Waals surface area contributed by atoms with Crippen molar-refractivity contribution in [3.8, 4) is 0 Å². The van der Waals surface area contributed by atoms with E-state index >= 15 is 0 Å². The lowest BCUT2D eigenvalue weighted by Gasteiger charge is -2.41. The molecule has 4 atom stereocenters. The van der Waals surface area contributed by atoms with Crippen molar-refractivity contribution >= 4 is 59.6 Å². The van der Waals surface area contributed by atoms with E-state index in [1.54, 1.807) is 87.5 Å². The lowest BCUT2D eigenvalue weighted by Crippen LogP contribution is -2.55. The van der Waals surface area contributed by atoms with Gasteiger partial charge in [0.05, 0.1) is 26.4 Å². The minimum atomic E-state index is -1.44. The van der Waals surface area contributed by atoms with Crippen LogP contribution in [-0.2, 0) is 47.8 Å². The number of hydrogen-bond donors (Lipinski definition) is 2. The zero-order chi connectivity index (χ0) is 59.5. The van der Waals surface area contributed by atoms with Crippen molar-refractivity contribution in [2.75, 3.05) is 59.2 Å². The minimum Gasteiger partial charge on any atom is -0.465 e. The van der Waals surface area contributed by atoms with Gasteiger partial charge in [0.25, 0.3) is 17.7 Å². The van der Waals surface area contributed by atoms with Gasteiger partial charge in [-0.05, 0) is 134 Å². The summed E-state index contributed by atoms with van der Waals surface area (Å²) in [6, 6.07) is 26.4. The Balaban J connectivity index is 0.000000236. The largest absolute Gasteiger partial charge is 0.465 e. The molecule has 4 aliphatic rings. The number of imide groups is 2. The Kier molecular flexibility index (Phi) is 26.3. The number of carbonyl (C=O) groups excluding carboxylic acids is 10. The first-order valence-corrected chi connectivity index (χ1v) is 27.9. The Morgan fingerprint density at radius 3 is 1.41 bits per heavy atom. The topological polar surface area (TPSA) is 240 Å². The predicted molar refractivity (Wildman–Crippen MR) is 304 cm³/mol. The van der Waals surface area contributed by atoms with Crippen LogP contribution in [0.2, 0.25) is 0 Å². The van der Waals surface area contributed by atoms with Gasteiger partial charge in [-0.3, -0.25) is 53.0 Å². The third kappa shape index (κ3) is 16.4. The van der Waals surface area contributed by atoms with E-state index in [1.807, 2.05) is 41.3 Å². The number of hydrogen-bond acceptors (Lipinski definition) is 14. The molecule has 4 aliphatic heterocycles. The SMILES string of the molecule is C=CC[C@@]1(C(=O)OCC)CCCN(C(=O)c2ccccc2)C1=O.C=CC[C@@]1(C(=O)OCC)CCCNC1=O.C=CC[C@@]1(CO)CCCN(C(=O)c2ccccc2)C1.CCOC(=O)[C@]1(CCC=O)CCCN(C(=O)c2ccccc2)C1=O. The molecule has 3 aromatic carbocycles. The second-order valence-corrected chi connectivity index (χ2v) is 20.3. The first-order valence-electron chi connectivity index (χ1n) is 27.9.